The fourth-order valence-corrected chi connectivity index (χ4v) is 2.85. The summed E-state index contributed by atoms with van der Waals surface area (Å²) < 4.78 is 1.34. The van der Waals surface area contributed by atoms with Crippen LogP contribution in [0.25, 0.3) is 10.6 Å². The second-order valence-electron chi connectivity index (χ2n) is 4.79. The van der Waals surface area contributed by atoms with E-state index >= 15 is 0 Å². The molecule has 0 aromatic carbocycles. The molecule has 0 radical (unpaired) electrons. The Bertz CT molecular complexity index is 862. The average molecular weight is 314 g/mol. The molecule has 0 aliphatic carbocycles. The molecule has 2 N–H and O–H groups in total. The molecule has 3 aromatic heterocycles. The maximum atomic E-state index is 12.0. The van der Waals surface area contributed by atoms with Crippen LogP contribution in [-0.2, 0) is 11.3 Å². The van der Waals surface area contributed by atoms with Gasteiger partial charge >= 0.3 is 0 Å². The van der Waals surface area contributed by atoms with Crippen molar-refractivity contribution in [3.63, 3.8) is 0 Å². The van der Waals surface area contributed by atoms with Crippen LogP contribution >= 0.6 is 11.3 Å². The number of carbonyl (C=O) groups excluding carboxylic acids is 1. The molecule has 1 amide bonds. The van der Waals surface area contributed by atoms with Crippen LogP contribution in [0.4, 0.5) is 5.82 Å². The van der Waals surface area contributed by atoms with Gasteiger partial charge in [0.05, 0.1) is 10.6 Å². The van der Waals surface area contributed by atoms with Crippen LogP contribution in [0, 0.1) is 6.92 Å². The first-order valence-electron chi connectivity index (χ1n) is 6.69. The Kier molecular flexibility index (Phi) is 3.88. The number of aromatic nitrogens is 3. The highest BCUT2D eigenvalue weighted by molar-refractivity contribution is 7.15. The van der Waals surface area contributed by atoms with Crippen molar-refractivity contribution in [2.45, 2.75) is 13.5 Å². The lowest BCUT2D eigenvalue weighted by molar-refractivity contribution is -0.116. The van der Waals surface area contributed by atoms with Crippen LogP contribution < -0.4 is 10.9 Å². The molecule has 0 atom stereocenters. The van der Waals surface area contributed by atoms with Crippen LogP contribution in [0.1, 0.15) is 4.88 Å². The van der Waals surface area contributed by atoms with E-state index in [1.54, 1.807) is 35.7 Å². The summed E-state index contributed by atoms with van der Waals surface area (Å²) in [6.07, 6.45) is 1.58. The zero-order chi connectivity index (χ0) is 15.5. The number of hydrogen-bond donors (Lipinski definition) is 2. The minimum atomic E-state index is -0.297. The number of pyridine rings is 1. The van der Waals surface area contributed by atoms with Gasteiger partial charge in [-0.3, -0.25) is 14.7 Å². The van der Waals surface area contributed by atoms with Gasteiger partial charge in [0.1, 0.15) is 6.54 Å². The number of carbonyl (C=O) groups is 1. The quantitative estimate of drug-likeness (QED) is 0.775. The molecule has 0 aliphatic rings. The van der Waals surface area contributed by atoms with Gasteiger partial charge in [-0.25, -0.2) is 0 Å². The number of rotatable bonds is 4. The summed E-state index contributed by atoms with van der Waals surface area (Å²) in [7, 11) is 0. The predicted molar refractivity (Wildman–Crippen MR) is 86.0 cm³/mol. The minimum absolute atomic E-state index is 0.0417. The normalized spacial score (nSPS) is 10.6. The number of H-pyrrole nitrogens is 1. The van der Waals surface area contributed by atoms with Crippen LogP contribution in [0.2, 0.25) is 0 Å². The molecule has 0 spiro atoms. The van der Waals surface area contributed by atoms with Crippen LogP contribution in [0.15, 0.2) is 47.4 Å². The lowest BCUT2D eigenvalue weighted by atomic mass is 10.3. The Morgan fingerprint density at radius 1 is 1.36 bits per heavy atom. The van der Waals surface area contributed by atoms with Gasteiger partial charge in [-0.15, -0.1) is 11.3 Å². The van der Waals surface area contributed by atoms with Gasteiger partial charge in [0.25, 0.3) is 5.56 Å². The fraction of sp³-hybridized carbons (Fsp3) is 0.133. The van der Waals surface area contributed by atoms with Gasteiger partial charge in [0, 0.05) is 23.2 Å². The Balaban J connectivity index is 1.69. The first kappa shape index (κ1) is 14.3. The van der Waals surface area contributed by atoms with E-state index in [0.717, 1.165) is 10.6 Å². The van der Waals surface area contributed by atoms with Gasteiger partial charge < -0.3 is 9.88 Å². The molecule has 3 heterocycles. The van der Waals surface area contributed by atoms with Crippen LogP contribution in [0.5, 0.6) is 0 Å². The molecule has 0 aliphatic heterocycles. The van der Waals surface area contributed by atoms with E-state index in [2.05, 4.69) is 15.5 Å². The molecule has 3 rings (SSSR count). The van der Waals surface area contributed by atoms with E-state index in [1.165, 1.54) is 15.5 Å². The largest absolute Gasteiger partial charge is 0.308 e. The maximum absolute atomic E-state index is 12.0. The van der Waals surface area contributed by atoms with Crippen molar-refractivity contribution in [2.75, 3.05) is 5.32 Å². The molecule has 0 unspecified atom stereocenters. The Hall–Kier alpha value is -2.67. The second kappa shape index (κ2) is 5.98. The zero-order valence-electron chi connectivity index (χ0n) is 11.9. The standard InChI is InChI=1S/C15H14N4O2S/c1-10-5-6-12(22-10)11-8-13(18-17-11)16-14(20)9-19-7-3-2-4-15(19)21/h2-8H,9H2,1H3,(H2,16,17,18,20). The molecule has 3 aromatic rings. The Morgan fingerprint density at radius 3 is 2.95 bits per heavy atom. The van der Waals surface area contributed by atoms with E-state index in [1.807, 2.05) is 19.1 Å². The molecule has 6 nitrogen and oxygen atoms in total. The van der Waals surface area contributed by atoms with Crippen molar-refractivity contribution < 1.29 is 4.79 Å². The third-order valence-corrected chi connectivity index (χ3v) is 4.10. The number of hydrogen-bond acceptors (Lipinski definition) is 4. The number of aryl methyl sites for hydroxylation is 1. The number of aromatic amines is 1. The zero-order valence-corrected chi connectivity index (χ0v) is 12.7. The Morgan fingerprint density at radius 2 is 2.23 bits per heavy atom. The lowest BCUT2D eigenvalue weighted by Crippen LogP contribution is -2.26. The molecular formula is C15H14N4O2S. The fourth-order valence-electron chi connectivity index (χ4n) is 2.02. The molecule has 112 valence electrons. The summed E-state index contributed by atoms with van der Waals surface area (Å²) in [5.74, 6) is 0.142. The lowest BCUT2D eigenvalue weighted by Gasteiger charge is -2.04. The van der Waals surface area contributed by atoms with Crippen molar-refractivity contribution >= 4 is 23.1 Å². The predicted octanol–water partition coefficient (Wildman–Crippen LogP) is 2.25. The van der Waals surface area contributed by atoms with Crippen molar-refractivity contribution in [3.05, 3.63) is 57.8 Å². The Labute approximate surface area is 130 Å². The van der Waals surface area contributed by atoms with E-state index in [9.17, 15) is 9.59 Å². The van der Waals surface area contributed by atoms with E-state index in [0.29, 0.717) is 5.82 Å². The number of nitrogens with one attached hydrogen (secondary N) is 2. The van der Waals surface area contributed by atoms with Gasteiger partial charge in [-0.05, 0) is 25.1 Å². The van der Waals surface area contributed by atoms with Crippen LogP contribution in [0.3, 0.4) is 0 Å². The van der Waals surface area contributed by atoms with E-state index < -0.39 is 0 Å². The number of thiophene rings is 1. The summed E-state index contributed by atoms with van der Waals surface area (Å²) in [4.78, 5) is 25.8. The molecule has 0 saturated heterocycles. The minimum Gasteiger partial charge on any atom is -0.308 e. The maximum Gasteiger partial charge on any atom is 0.250 e. The first-order chi connectivity index (χ1) is 10.6. The highest BCUT2D eigenvalue weighted by Gasteiger charge is 2.09. The van der Waals surface area contributed by atoms with Crippen molar-refractivity contribution in [1.82, 2.24) is 14.8 Å². The molecule has 0 saturated carbocycles. The molecule has 0 bridgehead atoms. The highest BCUT2D eigenvalue weighted by Crippen LogP contribution is 2.27. The second-order valence-corrected chi connectivity index (χ2v) is 6.08. The average Bonchev–Trinajstić information content (AvgIpc) is 3.10. The first-order valence-corrected chi connectivity index (χ1v) is 7.51. The number of nitrogens with zero attached hydrogens (tertiary/aromatic N) is 2. The SMILES string of the molecule is Cc1ccc(-c2cc(NC(=O)Cn3ccccc3=O)n[nH]2)s1. The van der Waals surface area contributed by atoms with Gasteiger partial charge in [-0.2, -0.15) is 5.10 Å². The number of amides is 1. The molecular weight excluding hydrogens is 300 g/mol. The third-order valence-electron chi connectivity index (χ3n) is 3.06. The van der Waals surface area contributed by atoms with Gasteiger partial charge in [0.15, 0.2) is 5.82 Å². The molecule has 7 heteroatoms. The summed E-state index contributed by atoms with van der Waals surface area (Å²) in [6, 6.07) is 10.6. The summed E-state index contributed by atoms with van der Waals surface area (Å²) in [6.45, 7) is 1.99. The van der Waals surface area contributed by atoms with E-state index in [-0.39, 0.29) is 18.0 Å². The van der Waals surface area contributed by atoms with E-state index in [4.69, 9.17) is 0 Å². The van der Waals surface area contributed by atoms with Gasteiger partial charge in [-0.1, -0.05) is 6.07 Å². The van der Waals surface area contributed by atoms with Crippen molar-refractivity contribution in [1.29, 1.82) is 0 Å². The molecule has 0 fully saturated rings. The van der Waals surface area contributed by atoms with Crippen molar-refractivity contribution in [3.8, 4) is 10.6 Å². The topological polar surface area (TPSA) is 79.8 Å². The summed E-state index contributed by atoms with van der Waals surface area (Å²) in [5.41, 5.74) is 0.639. The smallest absolute Gasteiger partial charge is 0.250 e. The third kappa shape index (κ3) is 3.15. The summed E-state index contributed by atoms with van der Waals surface area (Å²) in [5, 5.41) is 9.64. The molecule has 22 heavy (non-hydrogen) atoms. The monoisotopic (exact) mass is 314 g/mol. The van der Waals surface area contributed by atoms with Crippen molar-refractivity contribution in [2.24, 2.45) is 0 Å². The highest BCUT2D eigenvalue weighted by atomic mass is 32.1. The van der Waals surface area contributed by atoms with Crippen LogP contribution in [-0.4, -0.2) is 20.7 Å². The number of anilines is 1. The van der Waals surface area contributed by atoms with Gasteiger partial charge in [0.2, 0.25) is 5.91 Å². The summed E-state index contributed by atoms with van der Waals surface area (Å²) >= 11 is 1.65.